The van der Waals surface area contributed by atoms with Crippen LogP contribution in [0, 0.1) is 0 Å². The molecule has 0 radical (unpaired) electrons. The van der Waals surface area contributed by atoms with Crippen LogP contribution in [-0.2, 0) is 9.23 Å². The van der Waals surface area contributed by atoms with E-state index in [0.717, 1.165) is 11.4 Å². The first-order valence-electron chi connectivity index (χ1n) is 3.99. The summed E-state index contributed by atoms with van der Waals surface area (Å²) in [5, 5.41) is 3.12. The number of anilines is 1. The molecular weight excluding hydrogens is 255 g/mol. The molecule has 0 aromatic heterocycles. The normalized spacial score (nSPS) is 12.2. The van der Waals surface area contributed by atoms with Crippen LogP contribution in [0.1, 0.15) is 0 Å². The van der Waals surface area contributed by atoms with E-state index in [4.69, 9.17) is 4.21 Å². The molecule has 80 valence electrons. The van der Waals surface area contributed by atoms with Crippen molar-refractivity contribution in [1.82, 2.24) is 0 Å². The number of halogens is 2. The predicted molar refractivity (Wildman–Crippen MR) is 67.2 cm³/mol. The van der Waals surface area contributed by atoms with Gasteiger partial charge in [0.15, 0.2) is 0 Å². The maximum Gasteiger partial charge on any atom is 0.211 e. The Morgan fingerprint density at radius 3 is 2.67 bits per heavy atom. The molecular formula is C9H8Cl2N2OS. The van der Waals surface area contributed by atoms with E-state index in [0.29, 0.717) is 0 Å². The van der Waals surface area contributed by atoms with E-state index >= 15 is 0 Å². The minimum Gasteiger partial charge on any atom is -0.360 e. The second kappa shape index (κ2) is 6.61. The highest BCUT2D eigenvalue weighted by Gasteiger charge is 1.96. The van der Waals surface area contributed by atoms with Gasteiger partial charge >= 0.3 is 0 Å². The summed E-state index contributed by atoms with van der Waals surface area (Å²) in [5.74, 6) is 0. The lowest BCUT2D eigenvalue weighted by Crippen LogP contribution is -1.84. The Hall–Kier alpha value is -0.840. The maximum absolute atomic E-state index is 9.09. The van der Waals surface area contributed by atoms with Gasteiger partial charge in [-0.1, -0.05) is 12.1 Å². The highest BCUT2D eigenvalue weighted by Crippen LogP contribution is 2.24. The van der Waals surface area contributed by atoms with Gasteiger partial charge in [-0.3, -0.25) is 4.99 Å². The molecule has 0 bridgehead atoms. The zero-order chi connectivity index (χ0) is 11.1. The van der Waals surface area contributed by atoms with Crippen LogP contribution < -0.4 is 5.32 Å². The average molecular weight is 263 g/mol. The summed E-state index contributed by atoms with van der Waals surface area (Å²) >= 11 is 0. The van der Waals surface area contributed by atoms with Gasteiger partial charge in [0, 0.05) is 33.8 Å². The summed E-state index contributed by atoms with van der Waals surface area (Å²) < 4.78 is 9.09. The van der Waals surface area contributed by atoms with Crippen molar-refractivity contribution < 1.29 is 4.21 Å². The molecule has 0 unspecified atom stereocenters. The predicted octanol–water partition coefficient (Wildman–Crippen LogP) is 3.37. The largest absolute Gasteiger partial charge is 0.360 e. The molecule has 6 heteroatoms. The van der Waals surface area contributed by atoms with Crippen molar-refractivity contribution in [2.24, 2.45) is 4.99 Å². The van der Waals surface area contributed by atoms with E-state index in [2.05, 4.69) is 31.7 Å². The van der Waals surface area contributed by atoms with Crippen molar-refractivity contribution in [3.8, 4) is 0 Å². The van der Waals surface area contributed by atoms with Gasteiger partial charge in [0.25, 0.3) is 0 Å². The zero-order valence-corrected chi connectivity index (χ0v) is 9.89. The first-order chi connectivity index (χ1) is 7.20. The molecule has 1 aliphatic rings. The number of rotatable bonds is 0. The van der Waals surface area contributed by atoms with Crippen molar-refractivity contribution in [2.75, 3.05) is 5.32 Å². The molecule has 0 atom stereocenters. The third kappa shape index (κ3) is 4.97. The van der Waals surface area contributed by atoms with Crippen LogP contribution >= 0.6 is 21.4 Å². The Labute approximate surface area is 99.3 Å². The van der Waals surface area contributed by atoms with Gasteiger partial charge < -0.3 is 5.32 Å². The molecule has 1 aliphatic heterocycles. The van der Waals surface area contributed by atoms with Crippen molar-refractivity contribution in [2.45, 2.75) is 0 Å². The van der Waals surface area contributed by atoms with Crippen LogP contribution in [0.25, 0.3) is 0 Å². The van der Waals surface area contributed by atoms with Gasteiger partial charge in [0.2, 0.25) is 9.23 Å². The third-order valence-corrected chi connectivity index (χ3v) is 1.54. The fourth-order valence-electron chi connectivity index (χ4n) is 1.01. The molecule has 15 heavy (non-hydrogen) atoms. The van der Waals surface area contributed by atoms with Crippen LogP contribution in [0.15, 0.2) is 41.5 Å². The van der Waals surface area contributed by atoms with Crippen LogP contribution in [0.3, 0.4) is 0 Å². The Morgan fingerprint density at radius 1 is 1.27 bits per heavy atom. The lowest BCUT2D eigenvalue weighted by molar-refractivity contribution is 0.698. The van der Waals surface area contributed by atoms with E-state index in [9.17, 15) is 0 Å². The zero-order valence-electron chi connectivity index (χ0n) is 7.56. The lowest BCUT2D eigenvalue weighted by atomic mass is 10.3. The molecule has 3 nitrogen and oxygen atoms in total. The summed E-state index contributed by atoms with van der Waals surface area (Å²) in [7, 11) is 7.36. The number of nitrogens with zero attached hydrogens (tertiary/aromatic N) is 1. The fraction of sp³-hybridized carbons (Fsp3) is 0. The highest BCUT2D eigenvalue weighted by atomic mass is 36.0. The molecule has 1 aromatic carbocycles. The van der Waals surface area contributed by atoms with E-state index in [1.54, 1.807) is 6.21 Å². The molecule has 0 spiro atoms. The Kier molecular flexibility index (Phi) is 5.39. The quantitative estimate of drug-likeness (QED) is 0.729. The molecule has 1 N–H and O–H groups in total. The molecule has 2 rings (SSSR count). The summed E-state index contributed by atoms with van der Waals surface area (Å²) in [4.78, 5) is 4.21. The number of aliphatic imine (C=N–C) groups is 1. The van der Waals surface area contributed by atoms with Crippen molar-refractivity contribution in [1.29, 1.82) is 0 Å². The lowest BCUT2D eigenvalue weighted by Gasteiger charge is -2.00. The van der Waals surface area contributed by atoms with Gasteiger partial charge in [0.05, 0.1) is 11.4 Å². The SMILES string of the molecule is C1=CNc2ccccc2N=C1.O=S(Cl)Cl. The first kappa shape index (κ1) is 12.2. The van der Waals surface area contributed by atoms with Crippen molar-refractivity contribution in [3.05, 3.63) is 36.5 Å². The van der Waals surface area contributed by atoms with E-state index in [1.165, 1.54) is 0 Å². The van der Waals surface area contributed by atoms with Gasteiger partial charge in [0.1, 0.15) is 0 Å². The Bertz CT molecular complexity index is 403. The van der Waals surface area contributed by atoms with Gasteiger partial charge in [-0.05, 0) is 18.2 Å². The third-order valence-electron chi connectivity index (χ3n) is 1.54. The van der Waals surface area contributed by atoms with E-state index < -0.39 is 9.23 Å². The minimum atomic E-state index is -1.67. The number of para-hydroxylation sites is 2. The topological polar surface area (TPSA) is 41.5 Å². The Balaban J connectivity index is 0.000000245. The van der Waals surface area contributed by atoms with E-state index in [-0.39, 0.29) is 0 Å². The smallest absolute Gasteiger partial charge is 0.211 e. The monoisotopic (exact) mass is 262 g/mol. The first-order valence-corrected chi connectivity index (χ1v) is 6.79. The number of hydrogen-bond acceptors (Lipinski definition) is 3. The van der Waals surface area contributed by atoms with Gasteiger partial charge in [-0.15, -0.1) is 0 Å². The van der Waals surface area contributed by atoms with Crippen LogP contribution in [0.4, 0.5) is 11.4 Å². The number of benzene rings is 1. The second-order valence-corrected chi connectivity index (χ2v) is 5.01. The average Bonchev–Trinajstić information content (AvgIpc) is 2.41. The van der Waals surface area contributed by atoms with Crippen LogP contribution in [0.5, 0.6) is 0 Å². The molecule has 1 aromatic rings. The summed E-state index contributed by atoms with van der Waals surface area (Å²) in [5.41, 5.74) is 2.04. The van der Waals surface area contributed by atoms with Gasteiger partial charge in [-0.2, -0.15) is 0 Å². The van der Waals surface area contributed by atoms with Crippen LogP contribution in [-0.4, -0.2) is 10.4 Å². The molecule has 0 aliphatic carbocycles. The van der Waals surface area contributed by atoms with Crippen molar-refractivity contribution in [3.63, 3.8) is 0 Å². The summed E-state index contributed by atoms with van der Waals surface area (Å²) in [6, 6.07) is 7.94. The number of allylic oxidation sites excluding steroid dienone is 1. The van der Waals surface area contributed by atoms with Crippen molar-refractivity contribution >= 4 is 48.2 Å². The second-order valence-electron chi connectivity index (χ2n) is 2.48. The highest BCUT2D eigenvalue weighted by molar-refractivity contribution is 8.26. The maximum atomic E-state index is 9.09. The van der Waals surface area contributed by atoms with E-state index in [1.807, 2.05) is 36.5 Å². The Morgan fingerprint density at radius 2 is 1.93 bits per heavy atom. The minimum absolute atomic E-state index is 0.984. The summed E-state index contributed by atoms with van der Waals surface area (Å²) in [6.07, 6.45) is 5.52. The molecule has 0 saturated heterocycles. The standard InChI is InChI=1S/C9H8N2.Cl2OS/c1-2-5-9-8(4-1)10-6-3-7-11-9;1-4(2)3/h1-7,10H;. The van der Waals surface area contributed by atoms with Gasteiger partial charge in [-0.25, -0.2) is 4.21 Å². The molecule has 0 amide bonds. The number of fused-ring (bicyclic) bond motifs is 1. The molecule has 1 heterocycles. The van der Waals surface area contributed by atoms with Crippen LogP contribution in [0.2, 0.25) is 0 Å². The molecule has 0 fully saturated rings. The number of hydrogen-bond donors (Lipinski definition) is 1. The fourth-order valence-corrected chi connectivity index (χ4v) is 1.01. The number of nitrogens with one attached hydrogen (secondary N) is 1. The summed E-state index contributed by atoms with van der Waals surface area (Å²) in [6.45, 7) is 0. The molecule has 0 saturated carbocycles.